The van der Waals surface area contributed by atoms with Crippen LogP contribution < -0.4 is 11.2 Å². The largest absolute Gasteiger partial charge is 0.456 e. The Morgan fingerprint density at radius 3 is 2.59 bits per heavy atom. The predicted octanol–water partition coefficient (Wildman–Crippen LogP) is 4.36. The summed E-state index contributed by atoms with van der Waals surface area (Å²) in [6.45, 7) is 4.30. The maximum absolute atomic E-state index is 13.0. The molecule has 7 heteroatoms. The van der Waals surface area contributed by atoms with Crippen LogP contribution in [0.25, 0.3) is 21.7 Å². The second-order valence-electron chi connectivity index (χ2n) is 7.80. The number of unbranched alkanes of at least 4 members (excludes halogenated alkanes) is 2. The van der Waals surface area contributed by atoms with Crippen LogP contribution in [-0.4, -0.2) is 15.7 Å². The number of esters is 1. The molecule has 0 unspecified atom stereocenters. The van der Waals surface area contributed by atoms with Gasteiger partial charge in [0.2, 0.25) is 0 Å². The van der Waals surface area contributed by atoms with Crippen LogP contribution in [0.3, 0.4) is 0 Å². The lowest BCUT2D eigenvalue weighted by molar-refractivity contribution is 0.0466. The number of hydrogen-bond acceptors (Lipinski definition) is 6. The molecule has 0 radical (unpaired) electrons. The number of carbonyl (C=O) groups excluding carboxylic acids is 1. The van der Waals surface area contributed by atoms with Crippen LogP contribution in [0.4, 0.5) is 0 Å². The van der Waals surface area contributed by atoms with Crippen molar-refractivity contribution in [2.45, 2.75) is 46.3 Å². The first-order chi connectivity index (χ1) is 15.5. The summed E-state index contributed by atoms with van der Waals surface area (Å²) in [5, 5.41) is 5.89. The fourth-order valence-corrected chi connectivity index (χ4v) is 3.72. The molecule has 2 heterocycles. The summed E-state index contributed by atoms with van der Waals surface area (Å²) in [6, 6.07) is 13.7. The zero-order valence-electron chi connectivity index (χ0n) is 18.1. The van der Waals surface area contributed by atoms with Crippen LogP contribution in [0.1, 0.15) is 47.8 Å². The first-order valence-corrected chi connectivity index (χ1v) is 10.7. The SMILES string of the molecule is CCCCCn1nc(C(=O)OCc2cc(=O)oc3cc(C)ccc23)c2ccccc2c1=O. The summed E-state index contributed by atoms with van der Waals surface area (Å²) in [7, 11) is 0. The molecule has 7 nitrogen and oxygen atoms in total. The van der Waals surface area contributed by atoms with Crippen LogP contribution in [0.2, 0.25) is 0 Å². The first kappa shape index (κ1) is 21.5. The third-order valence-electron chi connectivity index (χ3n) is 5.38. The average Bonchev–Trinajstić information content (AvgIpc) is 2.78. The Balaban J connectivity index is 1.67. The topological polar surface area (TPSA) is 91.4 Å². The number of aromatic nitrogens is 2. The number of ether oxygens (including phenoxy) is 1. The minimum Gasteiger partial charge on any atom is -0.456 e. The van der Waals surface area contributed by atoms with Gasteiger partial charge in [0.15, 0.2) is 5.69 Å². The number of carbonyl (C=O) groups is 1. The van der Waals surface area contributed by atoms with Gasteiger partial charge in [0.1, 0.15) is 12.2 Å². The number of nitrogens with zero attached hydrogens (tertiary/aromatic N) is 2. The second-order valence-corrected chi connectivity index (χ2v) is 7.80. The summed E-state index contributed by atoms with van der Waals surface area (Å²) < 4.78 is 12.1. The second kappa shape index (κ2) is 9.18. The fourth-order valence-electron chi connectivity index (χ4n) is 3.72. The highest BCUT2D eigenvalue weighted by Gasteiger charge is 2.19. The lowest BCUT2D eigenvalue weighted by Gasteiger charge is -2.11. The Morgan fingerprint density at radius 1 is 1.03 bits per heavy atom. The highest BCUT2D eigenvalue weighted by Crippen LogP contribution is 2.20. The summed E-state index contributed by atoms with van der Waals surface area (Å²) in [5.74, 6) is -0.654. The van der Waals surface area contributed by atoms with Crippen molar-refractivity contribution >= 4 is 27.7 Å². The maximum Gasteiger partial charge on any atom is 0.359 e. The average molecular weight is 432 g/mol. The van der Waals surface area contributed by atoms with E-state index in [1.165, 1.54) is 10.7 Å². The standard InChI is InChI=1S/C25H24N2O5/c1-3-4-7-12-27-24(29)20-9-6-5-8-19(20)23(26-27)25(30)31-15-17-14-22(28)32-21-13-16(2)10-11-18(17)21/h5-6,8-11,13-14H,3-4,7,12,15H2,1-2H3. The van der Waals surface area contributed by atoms with Crippen LogP contribution in [0.15, 0.2) is 62.5 Å². The van der Waals surface area contributed by atoms with Gasteiger partial charge in [-0.05, 0) is 31.0 Å². The Morgan fingerprint density at radius 2 is 1.81 bits per heavy atom. The van der Waals surface area contributed by atoms with E-state index in [9.17, 15) is 14.4 Å². The highest BCUT2D eigenvalue weighted by atomic mass is 16.5. The highest BCUT2D eigenvalue weighted by molar-refractivity contribution is 6.02. The molecule has 0 fully saturated rings. The summed E-state index contributed by atoms with van der Waals surface area (Å²) in [5.41, 5.74) is 1.29. The van der Waals surface area contributed by atoms with Gasteiger partial charge in [-0.25, -0.2) is 14.3 Å². The minimum absolute atomic E-state index is 0.0832. The quantitative estimate of drug-likeness (QED) is 0.245. The van der Waals surface area contributed by atoms with E-state index >= 15 is 0 Å². The molecule has 0 spiro atoms. The predicted molar refractivity (Wildman–Crippen MR) is 122 cm³/mol. The molecule has 0 bridgehead atoms. The van der Waals surface area contributed by atoms with Gasteiger partial charge in [-0.2, -0.15) is 5.10 Å². The van der Waals surface area contributed by atoms with E-state index < -0.39 is 11.6 Å². The molecule has 0 N–H and O–H groups in total. The van der Waals surface area contributed by atoms with E-state index in [-0.39, 0.29) is 17.9 Å². The summed E-state index contributed by atoms with van der Waals surface area (Å²) in [6.07, 6.45) is 2.76. The lowest BCUT2D eigenvalue weighted by Crippen LogP contribution is -2.26. The monoisotopic (exact) mass is 432 g/mol. The smallest absolute Gasteiger partial charge is 0.359 e. The third kappa shape index (κ3) is 4.32. The van der Waals surface area contributed by atoms with E-state index in [0.29, 0.717) is 33.8 Å². The van der Waals surface area contributed by atoms with E-state index in [2.05, 4.69) is 12.0 Å². The Hall–Kier alpha value is -3.74. The van der Waals surface area contributed by atoms with Crippen molar-refractivity contribution in [3.8, 4) is 0 Å². The number of fused-ring (bicyclic) bond motifs is 2. The molecular formula is C25H24N2O5. The Bertz CT molecular complexity index is 1420. The fraction of sp³-hybridized carbons (Fsp3) is 0.280. The maximum atomic E-state index is 13.0. The molecule has 4 rings (SSSR count). The van der Waals surface area contributed by atoms with Gasteiger partial charge >= 0.3 is 11.6 Å². The van der Waals surface area contributed by atoms with Gasteiger partial charge in [0, 0.05) is 28.9 Å². The van der Waals surface area contributed by atoms with Crippen molar-refractivity contribution in [3.63, 3.8) is 0 Å². The van der Waals surface area contributed by atoms with Crippen LogP contribution >= 0.6 is 0 Å². The molecule has 0 saturated carbocycles. The van der Waals surface area contributed by atoms with Crippen molar-refractivity contribution in [2.24, 2.45) is 0 Å². The zero-order valence-corrected chi connectivity index (χ0v) is 18.1. The first-order valence-electron chi connectivity index (χ1n) is 10.7. The summed E-state index contributed by atoms with van der Waals surface area (Å²) >= 11 is 0. The molecule has 0 aliphatic rings. The number of hydrogen-bond donors (Lipinski definition) is 0. The Labute approximate surface area is 184 Å². The third-order valence-corrected chi connectivity index (χ3v) is 5.38. The molecule has 32 heavy (non-hydrogen) atoms. The van der Waals surface area contributed by atoms with Crippen LogP contribution in [-0.2, 0) is 17.9 Å². The number of aryl methyl sites for hydroxylation is 2. The molecule has 4 aromatic rings. The van der Waals surface area contributed by atoms with Gasteiger partial charge in [0.25, 0.3) is 5.56 Å². The normalized spacial score (nSPS) is 11.2. The molecule has 2 aromatic carbocycles. The van der Waals surface area contributed by atoms with E-state index in [1.54, 1.807) is 30.3 Å². The van der Waals surface area contributed by atoms with Gasteiger partial charge in [0.05, 0.1) is 5.39 Å². The van der Waals surface area contributed by atoms with Gasteiger partial charge in [-0.3, -0.25) is 4.79 Å². The molecule has 0 atom stereocenters. The van der Waals surface area contributed by atoms with Gasteiger partial charge in [-0.1, -0.05) is 50.1 Å². The number of rotatable bonds is 7. The Kier molecular flexibility index (Phi) is 6.16. The van der Waals surface area contributed by atoms with Crippen molar-refractivity contribution in [2.75, 3.05) is 0 Å². The van der Waals surface area contributed by atoms with E-state index in [4.69, 9.17) is 9.15 Å². The van der Waals surface area contributed by atoms with Gasteiger partial charge in [-0.15, -0.1) is 0 Å². The van der Waals surface area contributed by atoms with Crippen molar-refractivity contribution in [1.82, 2.24) is 9.78 Å². The summed E-state index contributed by atoms with van der Waals surface area (Å²) in [4.78, 5) is 37.7. The van der Waals surface area contributed by atoms with Crippen molar-refractivity contribution in [1.29, 1.82) is 0 Å². The molecule has 2 aromatic heterocycles. The van der Waals surface area contributed by atoms with Crippen LogP contribution in [0.5, 0.6) is 0 Å². The molecule has 0 saturated heterocycles. The molecule has 0 aliphatic heterocycles. The molecule has 0 amide bonds. The molecular weight excluding hydrogens is 408 g/mol. The van der Waals surface area contributed by atoms with E-state index in [0.717, 1.165) is 24.8 Å². The minimum atomic E-state index is -0.654. The lowest BCUT2D eigenvalue weighted by atomic mass is 10.1. The number of benzene rings is 2. The zero-order chi connectivity index (χ0) is 22.7. The molecule has 164 valence electrons. The molecule has 0 aliphatic carbocycles. The van der Waals surface area contributed by atoms with Gasteiger partial charge < -0.3 is 9.15 Å². The van der Waals surface area contributed by atoms with Crippen molar-refractivity contribution < 1.29 is 13.9 Å². The van der Waals surface area contributed by atoms with Crippen LogP contribution in [0, 0.1) is 6.92 Å². The van der Waals surface area contributed by atoms with Crippen molar-refractivity contribution in [3.05, 3.63) is 86.1 Å². The van der Waals surface area contributed by atoms with E-state index in [1.807, 2.05) is 19.1 Å².